The van der Waals surface area contributed by atoms with E-state index in [0.717, 1.165) is 35.9 Å². The Morgan fingerprint density at radius 3 is 2.46 bits per heavy atom. The lowest BCUT2D eigenvalue weighted by atomic mass is 9.87. The molecule has 188 valence electrons. The second-order valence-electron chi connectivity index (χ2n) is 10.2. The molecule has 1 aliphatic heterocycles. The Labute approximate surface area is 217 Å². The van der Waals surface area contributed by atoms with Crippen molar-refractivity contribution in [3.63, 3.8) is 0 Å². The van der Waals surface area contributed by atoms with Crippen molar-refractivity contribution >= 4 is 22.8 Å². The van der Waals surface area contributed by atoms with Crippen LogP contribution in [0.5, 0.6) is 0 Å². The van der Waals surface area contributed by atoms with Crippen LogP contribution in [0.2, 0.25) is 0 Å². The second kappa shape index (κ2) is 10.2. The Balaban J connectivity index is 1.19. The minimum atomic E-state index is -0.0794. The summed E-state index contributed by atoms with van der Waals surface area (Å²) in [7, 11) is 0. The Morgan fingerprint density at radius 1 is 0.892 bits per heavy atom. The molecule has 3 aromatic carbocycles. The SMILES string of the molecule is O=C(N[C@@H]1CCCc2ccccc21)C1CCN(c2nc3ccccc3n(Cc3ccccc3)c2=O)CC1. The van der Waals surface area contributed by atoms with Gasteiger partial charge in [-0.25, -0.2) is 4.98 Å². The van der Waals surface area contributed by atoms with Gasteiger partial charge in [0.2, 0.25) is 5.91 Å². The maximum absolute atomic E-state index is 13.7. The van der Waals surface area contributed by atoms with Crippen LogP contribution in [-0.4, -0.2) is 28.5 Å². The first-order chi connectivity index (χ1) is 18.2. The molecule has 6 rings (SSSR count). The average molecular weight is 493 g/mol. The number of rotatable bonds is 5. The molecule has 1 aliphatic carbocycles. The molecule has 6 heteroatoms. The fourth-order valence-corrected chi connectivity index (χ4v) is 5.85. The summed E-state index contributed by atoms with van der Waals surface area (Å²) >= 11 is 0. The van der Waals surface area contributed by atoms with Crippen LogP contribution in [0, 0.1) is 5.92 Å². The largest absolute Gasteiger partial charge is 0.352 e. The van der Waals surface area contributed by atoms with E-state index in [1.54, 1.807) is 0 Å². The smallest absolute Gasteiger partial charge is 0.294 e. The van der Waals surface area contributed by atoms with E-state index in [0.29, 0.717) is 38.3 Å². The van der Waals surface area contributed by atoms with Gasteiger partial charge in [-0.15, -0.1) is 0 Å². The lowest BCUT2D eigenvalue weighted by Gasteiger charge is -2.33. The highest BCUT2D eigenvalue weighted by Crippen LogP contribution is 2.30. The zero-order chi connectivity index (χ0) is 25.2. The molecule has 6 nitrogen and oxygen atoms in total. The van der Waals surface area contributed by atoms with Crippen LogP contribution < -0.4 is 15.8 Å². The van der Waals surface area contributed by atoms with E-state index in [2.05, 4.69) is 34.5 Å². The van der Waals surface area contributed by atoms with Gasteiger partial charge in [0.1, 0.15) is 0 Å². The van der Waals surface area contributed by atoms with Crippen molar-refractivity contribution in [1.82, 2.24) is 14.9 Å². The number of fused-ring (bicyclic) bond motifs is 2. The van der Waals surface area contributed by atoms with Crippen molar-refractivity contribution in [2.75, 3.05) is 18.0 Å². The number of hydrogen-bond donors (Lipinski definition) is 1. The van der Waals surface area contributed by atoms with E-state index in [9.17, 15) is 9.59 Å². The van der Waals surface area contributed by atoms with Crippen molar-refractivity contribution in [2.45, 2.75) is 44.7 Å². The van der Waals surface area contributed by atoms with Crippen LogP contribution in [-0.2, 0) is 17.8 Å². The number of carbonyl (C=O) groups excluding carboxylic acids is 1. The molecule has 2 aliphatic rings. The van der Waals surface area contributed by atoms with E-state index in [-0.39, 0.29) is 23.4 Å². The molecule has 0 bridgehead atoms. The van der Waals surface area contributed by atoms with E-state index in [4.69, 9.17) is 4.98 Å². The molecule has 0 radical (unpaired) electrons. The molecule has 0 spiro atoms. The molecule has 1 N–H and O–H groups in total. The molecule has 1 aromatic heterocycles. The van der Waals surface area contributed by atoms with E-state index in [1.165, 1.54) is 11.1 Å². The molecule has 1 atom stereocenters. The summed E-state index contributed by atoms with van der Waals surface area (Å²) in [6.07, 6.45) is 4.61. The Kier molecular flexibility index (Phi) is 6.47. The number of amides is 1. The van der Waals surface area contributed by atoms with Gasteiger partial charge in [-0.05, 0) is 60.9 Å². The number of carbonyl (C=O) groups is 1. The summed E-state index contributed by atoms with van der Waals surface area (Å²) in [6.45, 7) is 1.79. The molecule has 1 amide bonds. The highest BCUT2D eigenvalue weighted by molar-refractivity contribution is 5.80. The molecule has 4 aromatic rings. The Bertz CT molecular complexity index is 1470. The summed E-state index contributed by atoms with van der Waals surface area (Å²) < 4.78 is 1.83. The lowest BCUT2D eigenvalue weighted by Crippen LogP contribution is -2.44. The highest BCUT2D eigenvalue weighted by Gasteiger charge is 2.30. The molecule has 2 heterocycles. The molecular formula is C31H32N4O2. The van der Waals surface area contributed by atoms with Crippen LogP contribution in [0.25, 0.3) is 11.0 Å². The maximum Gasteiger partial charge on any atom is 0.294 e. The standard InChI is InChI=1S/C31H32N4O2/c36-30(33-26-15-8-12-23-11-4-5-13-25(23)26)24-17-19-34(20-18-24)29-31(37)35(21-22-9-2-1-3-10-22)28-16-7-6-14-27(28)32-29/h1-7,9-11,13-14,16,24,26H,8,12,15,17-21H2,(H,33,36)/t26-/m1/s1. The Morgan fingerprint density at radius 2 is 1.62 bits per heavy atom. The lowest BCUT2D eigenvalue weighted by molar-refractivity contribution is -0.126. The summed E-state index contributed by atoms with van der Waals surface area (Å²) in [5.41, 5.74) is 5.25. The third kappa shape index (κ3) is 4.76. The van der Waals surface area contributed by atoms with Gasteiger partial charge in [0.05, 0.1) is 23.6 Å². The number of piperidine rings is 1. The van der Waals surface area contributed by atoms with E-state index in [1.807, 2.05) is 59.2 Å². The van der Waals surface area contributed by atoms with Crippen molar-refractivity contribution in [2.24, 2.45) is 5.92 Å². The van der Waals surface area contributed by atoms with Gasteiger partial charge in [0.25, 0.3) is 5.56 Å². The summed E-state index contributed by atoms with van der Waals surface area (Å²) in [5.74, 6) is 0.571. The van der Waals surface area contributed by atoms with Crippen molar-refractivity contribution < 1.29 is 4.79 Å². The van der Waals surface area contributed by atoms with E-state index < -0.39 is 0 Å². The zero-order valence-electron chi connectivity index (χ0n) is 21.0. The fraction of sp³-hybridized carbons (Fsp3) is 0.323. The van der Waals surface area contributed by atoms with Gasteiger partial charge in [0.15, 0.2) is 5.82 Å². The van der Waals surface area contributed by atoms with Crippen molar-refractivity contribution in [1.29, 1.82) is 0 Å². The summed E-state index contributed by atoms with van der Waals surface area (Å²) in [4.78, 5) is 33.7. The average Bonchev–Trinajstić information content (AvgIpc) is 2.95. The number of nitrogens with zero attached hydrogens (tertiary/aromatic N) is 3. The second-order valence-corrected chi connectivity index (χ2v) is 10.2. The minimum Gasteiger partial charge on any atom is -0.352 e. The van der Waals surface area contributed by atoms with Crippen LogP contribution in [0.1, 0.15) is 48.4 Å². The normalized spacial score (nSPS) is 17.9. The molecule has 0 saturated carbocycles. The number of benzene rings is 3. The third-order valence-electron chi connectivity index (χ3n) is 7.87. The predicted octanol–water partition coefficient (Wildman–Crippen LogP) is 4.86. The highest BCUT2D eigenvalue weighted by atomic mass is 16.2. The molecule has 1 fully saturated rings. The van der Waals surface area contributed by atoms with Gasteiger partial charge in [-0.2, -0.15) is 0 Å². The Hall–Kier alpha value is -3.93. The summed E-state index contributed by atoms with van der Waals surface area (Å²) in [5, 5.41) is 3.33. The first-order valence-electron chi connectivity index (χ1n) is 13.3. The zero-order valence-corrected chi connectivity index (χ0v) is 21.0. The first-order valence-corrected chi connectivity index (χ1v) is 13.3. The molecule has 37 heavy (non-hydrogen) atoms. The molecular weight excluding hydrogens is 460 g/mol. The minimum absolute atomic E-state index is 0.0441. The number of anilines is 1. The van der Waals surface area contributed by atoms with E-state index >= 15 is 0 Å². The van der Waals surface area contributed by atoms with Crippen LogP contribution in [0.4, 0.5) is 5.82 Å². The van der Waals surface area contributed by atoms with Crippen molar-refractivity contribution in [3.05, 3.63) is 106 Å². The molecule has 0 unspecified atom stereocenters. The summed E-state index contributed by atoms with van der Waals surface area (Å²) in [6, 6.07) is 26.4. The number of nitrogens with one attached hydrogen (secondary N) is 1. The maximum atomic E-state index is 13.7. The predicted molar refractivity (Wildman–Crippen MR) is 147 cm³/mol. The van der Waals surface area contributed by atoms with Gasteiger partial charge in [0, 0.05) is 19.0 Å². The quantitative estimate of drug-likeness (QED) is 0.432. The number of hydrogen-bond acceptors (Lipinski definition) is 4. The van der Waals surface area contributed by atoms with Crippen molar-refractivity contribution in [3.8, 4) is 0 Å². The monoisotopic (exact) mass is 492 g/mol. The third-order valence-corrected chi connectivity index (χ3v) is 7.87. The number of para-hydroxylation sites is 2. The van der Waals surface area contributed by atoms with Gasteiger partial charge < -0.3 is 10.2 Å². The van der Waals surface area contributed by atoms with Crippen LogP contribution in [0.15, 0.2) is 83.7 Å². The van der Waals surface area contributed by atoms with Gasteiger partial charge in [-0.3, -0.25) is 14.2 Å². The van der Waals surface area contributed by atoms with Gasteiger partial charge in [-0.1, -0.05) is 66.7 Å². The fourth-order valence-electron chi connectivity index (χ4n) is 5.85. The first kappa shape index (κ1) is 23.5. The number of aryl methyl sites for hydroxylation is 1. The molecule has 1 saturated heterocycles. The van der Waals surface area contributed by atoms with Gasteiger partial charge >= 0.3 is 0 Å². The van der Waals surface area contributed by atoms with Crippen LogP contribution in [0.3, 0.4) is 0 Å². The topological polar surface area (TPSA) is 67.2 Å². The number of aromatic nitrogens is 2. The van der Waals surface area contributed by atoms with Crippen LogP contribution >= 0.6 is 0 Å².